The molecule has 3 heteroatoms. The molecule has 0 radical (unpaired) electrons. The number of rotatable bonds is 3. The van der Waals surface area contributed by atoms with E-state index in [-0.39, 0.29) is 0 Å². The van der Waals surface area contributed by atoms with Crippen LogP contribution in [0.25, 0.3) is 0 Å². The van der Waals surface area contributed by atoms with E-state index in [9.17, 15) is 0 Å². The summed E-state index contributed by atoms with van der Waals surface area (Å²) in [7, 11) is 0. The second-order valence-corrected chi connectivity index (χ2v) is 6.16. The lowest BCUT2D eigenvalue weighted by Gasteiger charge is -2.36. The van der Waals surface area contributed by atoms with Crippen LogP contribution in [-0.4, -0.2) is 0 Å². The van der Waals surface area contributed by atoms with Crippen LogP contribution >= 0.6 is 11.3 Å². The van der Waals surface area contributed by atoms with E-state index in [4.69, 9.17) is 5.84 Å². The molecule has 1 heterocycles. The van der Waals surface area contributed by atoms with E-state index in [0.717, 1.165) is 11.8 Å². The third-order valence-corrected chi connectivity index (χ3v) is 4.47. The van der Waals surface area contributed by atoms with Gasteiger partial charge in [-0.15, -0.1) is 0 Å². The van der Waals surface area contributed by atoms with Crippen LogP contribution in [0.1, 0.15) is 44.7 Å². The van der Waals surface area contributed by atoms with Crippen molar-refractivity contribution < 1.29 is 0 Å². The minimum atomic E-state index is 0.344. The molecule has 3 atom stereocenters. The fraction of sp³-hybridized carbons (Fsp3) is 0.692. The summed E-state index contributed by atoms with van der Waals surface area (Å²) < 4.78 is 0. The summed E-state index contributed by atoms with van der Waals surface area (Å²) >= 11 is 1.75. The summed E-state index contributed by atoms with van der Waals surface area (Å²) in [5.74, 6) is 8.11. The molecule has 16 heavy (non-hydrogen) atoms. The average molecular weight is 238 g/mol. The minimum absolute atomic E-state index is 0.344. The molecule has 0 saturated heterocycles. The zero-order valence-electron chi connectivity index (χ0n) is 10.1. The van der Waals surface area contributed by atoms with Crippen molar-refractivity contribution in [1.82, 2.24) is 5.43 Å². The number of nitrogens with one attached hydrogen (secondary N) is 1. The van der Waals surface area contributed by atoms with Crippen LogP contribution in [0.2, 0.25) is 0 Å². The molecule has 0 aliphatic heterocycles. The van der Waals surface area contributed by atoms with Crippen molar-refractivity contribution in [2.24, 2.45) is 23.6 Å². The van der Waals surface area contributed by atoms with E-state index in [0.29, 0.717) is 12.0 Å². The largest absolute Gasteiger partial charge is 0.271 e. The molecule has 3 unspecified atom stereocenters. The first-order valence-corrected chi connectivity index (χ1v) is 7.13. The van der Waals surface area contributed by atoms with Crippen molar-refractivity contribution >= 4 is 11.3 Å². The number of hydrazine groups is 1. The number of nitrogens with two attached hydrogens (primary N) is 1. The van der Waals surface area contributed by atoms with E-state index in [1.165, 1.54) is 24.8 Å². The zero-order chi connectivity index (χ0) is 11.5. The highest BCUT2D eigenvalue weighted by Gasteiger charge is 2.30. The molecule has 0 aromatic carbocycles. The maximum atomic E-state index is 5.74. The smallest absolute Gasteiger partial charge is 0.0496 e. The Morgan fingerprint density at radius 1 is 1.31 bits per heavy atom. The van der Waals surface area contributed by atoms with Crippen molar-refractivity contribution in [3.63, 3.8) is 0 Å². The lowest BCUT2D eigenvalue weighted by Crippen LogP contribution is -2.36. The molecule has 1 aliphatic rings. The van der Waals surface area contributed by atoms with Crippen molar-refractivity contribution in [1.29, 1.82) is 0 Å². The van der Waals surface area contributed by atoms with Gasteiger partial charge in [0.25, 0.3) is 0 Å². The normalized spacial score (nSPS) is 32.6. The number of thiophene rings is 1. The van der Waals surface area contributed by atoms with Crippen LogP contribution in [-0.2, 0) is 0 Å². The van der Waals surface area contributed by atoms with Crippen molar-refractivity contribution in [3.8, 4) is 0 Å². The predicted molar refractivity (Wildman–Crippen MR) is 70.1 cm³/mol. The SMILES string of the molecule is CC1CC(C)CC(C(NN)c2ccsc2)C1. The summed E-state index contributed by atoms with van der Waals surface area (Å²) in [4.78, 5) is 0. The van der Waals surface area contributed by atoms with Gasteiger partial charge in [-0.2, -0.15) is 11.3 Å². The molecule has 0 bridgehead atoms. The van der Waals surface area contributed by atoms with E-state index in [2.05, 4.69) is 36.1 Å². The molecule has 1 saturated carbocycles. The van der Waals surface area contributed by atoms with Gasteiger partial charge in [-0.05, 0) is 59.4 Å². The minimum Gasteiger partial charge on any atom is -0.271 e. The van der Waals surface area contributed by atoms with Crippen LogP contribution < -0.4 is 11.3 Å². The Hall–Kier alpha value is -0.380. The Morgan fingerprint density at radius 3 is 2.50 bits per heavy atom. The average Bonchev–Trinajstić information content (AvgIpc) is 2.70. The summed E-state index contributed by atoms with van der Waals surface area (Å²) in [6, 6.07) is 2.54. The molecule has 90 valence electrons. The van der Waals surface area contributed by atoms with E-state index in [1.54, 1.807) is 11.3 Å². The van der Waals surface area contributed by atoms with Gasteiger partial charge >= 0.3 is 0 Å². The first-order chi connectivity index (χ1) is 7.70. The fourth-order valence-corrected chi connectivity index (χ4v) is 3.93. The molecular weight excluding hydrogens is 216 g/mol. The Balaban J connectivity index is 2.09. The van der Waals surface area contributed by atoms with Crippen LogP contribution in [0.5, 0.6) is 0 Å². The molecule has 3 N–H and O–H groups in total. The van der Waals surface area contributed by atoms with Gasteiger partial charge < -0.3 is 0 Å². The second-order valence-electron chi connectivity index (χ2n) is 5.38. The Labute approximate surface area is 102 Å². The molecular formula is C13H22N2S. The topological polar surface area (TPSA) is 38.0 Å². The number of hydrogen-bond acceptors (Lipinski definition) is 3. The first kappa shape index (κ1) is 12.1. The van der Waals surface area contributed by atoms with Gasteiger partial charge in [0.15, 0.2) is 0 Å². The van der Waals surface area contributed by atoms with Gasteiger partial charge in [0.05, 0.1) is 0 Å². The standard InChI is InChI=1S/C13H22N2S/c1-9-5-10(2)7-12(6-9)13(15-14)11-3-4-16-8-11/h3-4,8-10,12-13,15H,5-7,14H2,1-2H3. The molecule has 1 aromatic rings. The highest BCUT2D eigenvalue weighted by Crippen LogP contribution is 2.39. The molecule has 0 spiro atoms. The van der Waals surface area contributed by atoms with Crippen molar-refractivity contribution in [2.45, 2.75) is 39.2 Å². The third kappa shape index (κ3) is 2.65. The first-order valence-electron chi connectivity index (χ1n) is 6.19. The van der Waals surface area contributed by atoms with Gasteiger partial charge in [0, 0.05) is 6.04 Å². The van der Waals surface area contributed by atoms with Gasteiger partial charge in [-0.3, -0.25) is 11.3 Å². The quantitative estimate of drug-likeness (QED) is 0.626. The van der Waals surface area contributed by atoms with Crippen molar-refractivity contribution in [2.75, 3.05) is 0 Å². The Morgan fingerprint density at radius 2 is 2.00 bits per heavy atom. The molecule has 2 rings (SSSR count). The maximum absolute atomic E-state index is 5.74. The monoisotopic (exact) mass is 238 g/mol. The van der Waals surface area contributed by atoms with E-state index in [1.807, 2.05) is 0 Å². The molecule has 1 fully saturated rings. The van der Waals surface area contributed by atoms with Crippen LogP contribution in [0, 0.1) is 17.8 Å². The van der Waals surface area contributed by atoms with E-state index < -0.39 is 0 Å². The number of hydrogen-bond donors (Lipinski definition) is 2. The van der Waals surface area contributed by atoms with Crippen LogP contribution in [0.4, 0.5) is 0 Å². The predicted octanol–water partition coefficient (Wildman–Crippen LogP) is 3.32. The highest BCUT2D eigenvalue weighted by atomic mass is 32.1. The molecule has 1 aliphatic carbocycles. The maximum Gasteiger partial charge on any atom is 0.0496 e. The molecule has 0 amide bonds. The fourth-order valence-electron chi connectivity index (χ4n) is 3.24. The lowest BCUT2D eigenvalue weighted by molar-refractivity contribution is 0.177. The molecule has 2 nitrogen and oxygen atoms in total. The highest BCUT2D eigenvalue weighted by molar-refractivity contribution is 7.07. The molecule has 1 aromatic heterocycles. The summed E-state index contributed by atoms with van der Waals surface area (Å²) in [5, 5.41) is 4.35. The summed E-state index contributed by atoms with van der Waals surface area (Å²) in [5.41, 5.74) is 4.38. The van der Waals surface area contributed by atoms with E-state index >= 15 is 0 Å². The second kappa shape index (κ2) is 5.30. The summed E-state index contributed by atoms with van der Waals surface area (Å²) in [6.07, 6.45) is 3.97. The van der Waals surface area contributed by atoms with Gasteiger partial charge in [0.2, 0.25) is 0 Å². The zero-order valence-corrected chi connectivity index (χ0v) is 11.0. The van der Waals surface area contributed by atoms with Crippen LogP contribution in [0.15, 0.2) is 16.8 Å². The van der Waals surface area contributed by atoms with Crippen LogP contribution in [0.3, 0.4) is 0 Å². The third-order valence-electron chi connectivity index (χ3n) is 3.77. The van der Waals surface area contributed by atoms with Gasteiger partial charge in [-0.1, -0.05) is 13.8 Å². The Kier molecular flexibility index (Phi) is 4.00. The van der Waals surface area contributed by atoms with Gasteiger partial charge in [0.1, 0.15) is 0 Å². The summed E-state index contributed by atoms with van der Waals surface area (Å²) in [6.45, 7) is 4.73. The van der Waals surface area contributed by atoms with Crippen molar-refractivity contribution in [3.05, 3.63) is 22.4 Å². The van der Waals surface area contributed by atoms with Gasteiger partial charge in [-0.25, -0.2) is 0 Å². The Bertz CT molecular complexity index is 300. The lowest BCUT2D eigenvalue weighted by atomic mass is 9.73.